The lowest BCUT2D eigenvalue weighted by molar-refractivity contribution is 0.512. The molecule has 0 radical (unpaired) electrons. The lowest BCUT2D eigenvalue weighted by Crippen LogP contribution is -2.23. The highest BCUT2D eigenvalue weighted by atomic mass is 32.1. The van der Waals surface area contributed by atoms with Crippen molar-refractivity contribution in [2.45, 2.75) is 26.7 Å². The second kappa shape index (κ2) is 6.18. The molecule has 0 saturated heterocycles. The number of rotatable bonds is 6. The van der Waals surface area contributed by atoms with Gasteiger partial charge in [0.1, 0.15) is 0 Å². The summed E-state index contributed by atoms with van der Waals surface area (Å²) >= 11 is 1.86. The fourth-order valence-electron chi connectivity index (χ4n) is 2.19. The molecule has 1 nitrogen and oxygen atoms in total. The third-order valence-corrected chi connectivity index (χ3v) is 4.05. The van der Waals surface area contributed by atoms with Gasteiger partial charge in [-0.15, -0.1) is 11.3 Å². The summed E-state index contributed by atoms with van der Waals surface area (Å²) in [5.74, 6) is 0.703. The zero-order valence-corrected chi connectivity index (χ0v) is 11.5. The number of fused-ring (bicyclic) bond motifs is 1. The molecule has 1 atom stereocenters. The first-order valence-corrected chi connectivity index (χ1v) is 7.35. The van der Waals surface area contributed by atoms with E-state index < -0.39 is 0 Å². The Hall–Kier alpha value is -0.860. The van der Waals surface area contributed by atoms with E-state index in [0.717, 1.165) is 13.1 Å². The largest absolute Gasteiger partial charge is 0.316 e. The van der Waals surface area contributed by atoms with Crippen LogP contribution in [0.1, 0.15) is 25.8 Å². The topological polar surface area (TPSA) is 12.0 Å². The van der Waals surface area contributed by atoms with Gasteiger partial charge in [0.25, 0.3) is 0 Å². The summed E-state index contributed by atoms with van der Waals surface area (Å²) in [6.45, 7) is 6.79. The van der Waals surface area contributed by atoms with E-state index in [9.17, 15) is 0 Å². The Balaban J connectivity index is 2.00. The summed E-state index contributed by atoms with van der Waals surface area (Å²) in [7, 11) is 0. The molecule has 2 rings (SSSR count). The first-order chi connectivity index (χ1) is 8.31. The van der Waals surface area contributed by atoms with E-state index in [0.29, 0.717) is 5.92 Å². The molecule has 2 heteroatoms. The Morgan fingerprint density at radius 1 is 1.29 bits per heavy atom. The minimum Gasteiger partial charge on any atom is -0.316 e. The van der Waals surface area contributed by atoms with Crippen molar-refractivity contribution in [1.82, 2.24) is 5.32 Å². The Morgan fingerprint density at radius 3 is 3.00 bits per heavy atom. The van der Waals surface area contributed by atoms with Gasteiger partial charge in [-0.3, -0.25) is 0 Å². The summed E-state index contributed by atoms with van der Waals surface area (Å²) in [5.41, 5.74) is 1.50. The molecular formula is C15H21NS. The second-order valence-corrected chi connectivity index (χ2v) is 5.69. The van der Waals surface area contributed by atoms with Crippen molar-refractivity contribution >= 4 is 21.4 Å². The summed E-state index contributed by atoms with van der Waals surface area (Å²) in [5, 5.41) is 7.08. The van der Waals surface area contributed by atoms with Crippen LogP contribution >= 0.6 is 11.3 Å². The monoisotopic (exact) mass is 247 g/mol. The molecule has 1 heterocycles. The summed E-state index contributed by atoms with van der Waals surface area (Å²) in [4.78, 5) is 0. The number of hydrogen-bond acceptors (Lipinski definition) is 2. The van der Waals surface area contributed by atoms with Crippen LogP contribution < -0.4 is 5.32 Å². The summed E-state index contributed by atoms with van der Waals surface area (Å²) in [6.07, 6.45) is 2.39. The minimum atomic E-state index is 0.703. The van der Waals surface area contributed by atoms with Crippen molar-refractivity contribution < 1.29 is 0 Å². The number of nitrogens with one attached hydrogen (secondary N) is 1. The van der Waals surface area contributed by atoms with Gasteiger partial charge < -0.3 is 5.32 Å². The normalized spacial score (nSPS) is 13.1. The predicted octanol–water partition coefficient (Wildman–Crippen LogP) is 4.08. The molecule has 0 amide bonds. The van der Waals surface area contributed by atoms with Gasteiger partial charge in [0.15, 0.2) is 0 Å². The first-order valence-electron chi connectivity index (χ1n) is 6.47. The molecule has 0 aliphatic rings. The number of hydrogen-bond donors (Lipinski definition) is 1. The highest BCUT2D eigenvalue weighted by Gasteiger charge is 2.07. The van der Waals surface area contributed by atoms with Crippen LogP contribution in [0.15, 0.2) is 29.6 Å². The Bertz CT molecular complexity index is 461. The zero-order valence-electron chi connectivity index (χ0n) is 10.7. The third kappa shape index (κ3) is 3.30. The standard InChI is InChI=1S/C15H21NS/c1-3-8-16-11-12(2)10-14-6-4-5-13-7-9-17-15(13)14/h4-7,9,12,16H,3,8,10-11H2,1-2H3. The smallest absolute Gasteiger partial charge is 0.0374 e. The molecule has 17 heavy (non-hydrogen) atoms. The highest BCUT2D eigenvalue weighted by Crippen LogP contribution is 2.26. The molecule has 1 aromatic heterocycles. The van der Waals surface area contributed by atoms with Crippen molar-refractivity contribution in [1.29, 1.82) is 0 Å². The molecule has 0 fully saturated rings. The fourth-order valence-corrected chi connectivity index (χ4v) is 3.11. The van der Waals surface area contributed by atoms with Crippen LogP contribution in [0.2, 0.25) is 0 Å². The predicted molar refractivity (Wildman–Crippen MR) is 77.9 cm³/mol. The van der Waals surface area contributed by atoms with Crippen LogP contribution in [0.4, 0.5) is 0 Å². The van der Waals surface area contributed by atoms with Gasteiger partial charge in [0.05, 0.1) is 0 Å². The van der Waals surface area contributed by atoms with Crippen molar-refractivity contribution in [3.63, 3.8) is 0 Å². The molecule has 0 saturated carbocycles. The average molecular weight is 247 g/mol. The number of benzene rings is 1. The molecule has 1 N–H and O–H groups in total. The molecule has 0 bridgehead atoms. The van der Waals surface area contributed by atoms with Crippen LogP contribution in [-0.4, -0.2) is 13.1 Å². The van der Waals surface area contributed by atoms with E-state index in [2.05, 4.69) is 48.8 Å². The van der Waals surface area contributed by atoms with Gasteiger partial charge in [-0.1, -0.05) is 32.0 Å². The highest BCUT2D eigenvalue weighted by molar-refractivity contribution is 7.17. The minimum absolute atomic E-state index is 0.703. The van der Waals surface area contributed by atoms with Crippen molar-refractivity contribution in [2.24, 2.45) is 5.92 Å². The Labute approximate surface area is 108 Å². The maximum absolute atomic E-state index is 3.50. The lowest BCUT2D eigenvalue weighted by atomic mass is 10.00. The molecule has 0 spiro atoms. The Kier molecular flexibility index (Phi) is 4.57. The average Bonchev–Trinajstić information content (AvgIpc) is 2.78. The van der Waals surface area contributed by atoms with Crippen molar-refractivity contribution in [3.05, 3.63) is 35.2 Å². The maximum Gasteiger partial charge on any atom is 0.0374 e. The van der Waals surface area contributed by atoms with Gasteiger partial charge in [-0.05, 0) is 54.2 Å². The van der Waals surface area contributed by atoms with Crippen LogP contribution in [0.25, 0.3) is 10.1 Å². The van der Waals surface area contributed by atoms with E-state index in [1.54, 1.807) is 0 Å². The lowest BCUT2D eigenvalue weighted by Gasteiger charge is -2.12. The van der Waals surface area contributed by atoms with E-state index >= 15 is 0 Å². The molecule has 1 unspecified atom stereocenters. The van der Waals surface area contributed by atoms with Gasteiger partial charge in [0, 0.05) is 4.70 Å². The molecular weight excluding hydrogens is 226 g/mol. The SMILES string of the molecule is CCCNCC(C)Cc1cccc2ccsc12. The van der Waals surface area contributed by atoms with Crippen molar-refractivity contribution in [2.75, 3.05) is 13.1 Å². The molecule has 1 aromatic carbocycles. The number of thiophene rings is 1. The molecule has 2 aromatic rings. The van der Waals surface area contributed by atoms with Gasteiger partial charge in [-0.25, -0.2) is 0 Å². The zero-order chi connectivity index (χ0) is 12.1. The summed E-state index contributed by atoms with van der Waals surface area (Å²) in [6, 6.07) is 8.87. The van der Waals surface area contributed by atoms with E-state index in [1.165, 1.54) is 28.5 Å². The molecule has 0 aliphatic heterocycles. The fraction of sp³-hybridized carbons (Fsp3) is 0.467. The second-order valence-electron chi connectivity index (χ2n) is 4.77. The maximum atomic E-state index is 3.50. The van der Waals surface area contributed by atoms with Crippen LogP contribution in [0.3, 0.4) is 0 Å². The van der Waals surface area contributed by atoms with Crippen LogP contribution in [-0.2, 0) is 6.42 Å². The third-order valence-electron chi connectivity index (χ3n) is 3.05. The van der Waals surface area contributed by atoms with Crippen molar-refractivity contribution in [3.8, 4) is 0 Å². The van der Waals surface area contributed by atoms with E-state index in [1.807, 2.05) is 11.3 Å². The Morgan fingerprint density at radius 2 is 2.18 bits per heavy atom. The molecule has 0 aliphatic carbocycles. The van der Waals surface area contributed by atoms with Crippen LogP contribution in [0, 0.1) is 5.92 Å². The van der Waals surface area contributed by atoms with E-state index in [-0.39, 0.29) is 0 Å². The first kappa shape index (κ1) is 12.6. The quantitative estimate of drug-likeness (QED) is 0.758. The van der Waals surface area contributed by atoms with Gasteiger partial charge >= 0.3 is 0 Å². The summed E-state index contributed by atoms with van der Waals surface area (Å²) < 4.78 is 1.47. The van der Waals surface area contributed by atoms with Gasteiger partial charge in [-0.2, -0.15) is 0 Å². The van der Waals surface area contributed by atoms with E-state index in [4.69, 9.17) is 0 Å². The van der Waals surface area contributed by atoms with Crippen LogP contribution in [0.5, 0.6) is 0 Å². The molecule has 92 valence electrons. The van der Waals surface area contributed by atoms with Gasteiger partial charge in [0.2, 0.25) is 0 Å².